The van der Waals surface area contributed by atoms with Crippen LogP contribution in [0.15, 0.2) is 22.8 Å². The number of furan rings is 1. The third-order valence-corrected chi connectivity index (χ3v) is 1.38. The van der Waals surface area contributed by atoms with Gasteiger partial charge in [0, 0.05) is 13.1 Å². The average Bonchev–Trinajstić information content (AvgIpc) is 2.55. The quantitative estimate of drug-likeness (QED) is 0.678. The lowest BCUT2D eigenvalue weighted by Gasteiger charge is -2.12. The number of carbonyl (C=O) groups excluding carboxylic acids is 1. The largest absolute Gasteiger partial charge is 0.449 e. The van der Waals surface area contributed by atoms with E-state index in [4.69, 9.17) is 9.15 Å². The van der Waals surface area contributed by atoms with E-state index in [1.54, 1.807) is 26.1 Å². The molecule has 1 aromatic rings. The van der Waals surface area contributed by atoms with Gasteiger partial charge in [0.05, 0.1) is 12.9 Å². The van der Waals surface area contributed by atoms with Crippen LogP contribution in [0.3, 0.4) is 0 Å². The van der Waals surface area contributed by atoms with Gasteiger partial charge in [0.1, 0.15) is 0 Å². The fourth-order valence-corrected chi connectivity index (χ4v) is 0.771. The Labute approximate surface area is 70.7 Å². The molecular weight excluding hydrogens is 158 g/mol. The summed E-state index contributed by atoms with van der Waals surface area (Å²) < 4.78 is 9.74. The molecule has 0 aliphatic carbocycles. The number of hydrogen-bond acceptors (Lipinski definition) is 3. The summed E-state index contributed by atoms with van der Waals surface area (Å²) in [6.45, 7) is 2.12. The van der Waals surface area contributed by atoms with Gasteiger partial charge in [-0.1, -0.05) is 0 Å². The van der Waals surface area contributed by atoms with Crippen molar-refractivity contribution < 1.29 is 13.9 Å². The molecule has 4 nitrogen and oxygen atoms in total. The molecule has 0 spiro atoms. The van der Waals surface area contributed by atoms with Crippen LogP contribution in [-0.4, -0.2) is 19.7 Å². The molecule has 0 unspecified atom stereocenters. The van der Waals surface area contributed by atoms with Crippen LogP contribution in [0.5, 0.6) is 0 Å². The van der Waals surface area contributed by atoms with E-state index in [1.165, 1.54) is 11.2 Å². The molecule has 0 saturated carbocycles. The van der Waals surface area contributed by atoms with Gasteiger partial charge >= 0.3 is 6.09 Å². The molecule has 4 heteroatoms. The molecule has 1 aromatic heterocycles. The van der Waals surface area contributed by atoms with Gasteiger partial charge in [0.15, 0.2) is 0 Å². The number of nitrogens with zero attached hydrogens (tertiary/aromatic N) is 1. The molecule has 66 valence electrons. The third kappa shape index (κ3) is 1.78. The fraction of sp³-hybridized carbons (Fsp3) is 0.375. The third-order valence-electron chi connectivity index (χ3n) is 1.38. The molecule has 0 N–H and O–H groups in total. The minimum absolute atomic E-state index is 0.365. The Morgan fingerprint density at radius 1 is 1.75 bits per heavy atom. The van der Waals surface area contributed by atoms with E-state index >= 15 is 0 Å². The fourth-order valence-electron chi connectivity index (χ4n) is 0.771. The molecular formula is C8H11NO3. The van der Waals surface area contributed by atoms with Gasteiger partial charge in [-0.15, -0.1) is 0 Å². The molecule has 1 rings (SSSR count). The average molecular weight is 169 g/mol. The van der Waals surface area contributed by atoms with Crippen LogP contribution in [0.1, 0.15) is 6.92 Å². The van der Waals surface area contributed by atoms with Crippen molar-refractivity contribution in [3.8, 4) is 0 Å². The second kappa shape index (κ2) is 3.80. The topological polar surface area (TPSA) is 42.7 Å². The minimum Gasteiger partial charge on any atom is -0.449 e. The Morgan fingerprint density at radius 2 is 2.50 bits per heavy atom. The van der Waals surface area contributed by atoms with Gasteiger partial charge in [0.2, 0.25) is 5.88 Å². The monoisotopic (exact) mass is 169 g/mol. The number of rotatable bonds is 2. The van der Waals surface area contributed by atoms with Crippen LogP contribution in [0.2, 0.25) is 0 Å². The van der Waals surface area contributed by atoms with E-state index in [2.05, 4.69) is 0 Å². The second-order valence-electron chi connectivity index (χ2n) is 2.21. The van der Waals surface area contributed by atoms with Gasteiger partial charge in [-0.25, -0.2) is 4.79 Å². The molecule has 0 bridgehead atoms. The van der Waals surface area contributed by atoms with Crippen molar-refractivity contribution in [2.45, 2.75) is 6.92 Å². The second-order valence-corrected chi connectivity index (χ2v) is 2.21. The van der Waals surface area contributed by atoms with Gasteiger partial charge in [-0.05, 0) is 13.0 Å². The zero-order chi connectivity index (χ0) is 8.97. The summed E-state index contributed by atoms with van der Waals surface area (Å²) in [5.41, 5.74) is 0. The first kappa shape index (κ1) is 8.64. The molecule has 0 aromatic carbocycles. The molecule has 1 amide bonds. The summed E-state index contributed by atoms with van der Waals surface area (Å²) in [4.78, 5) is 12.4. The number of ether oxygens (including phenoxy) is 1. The highest BCUT2D eigenvalue weighted by Gasteiger charge is 2.12. The summed E-state index contributed by atoms with van der Waals surface area (Å²) in [5.74, 6) is 0.480. The lowest BCUT2D eigenvalue weighted by Crippen LogP contribution is -2.26. The maximum Gasteiger partial charge on any atom is 0.416 e. The van der Waals surface area contributed by atoms with E-state index in [0.29, 0.717) is 12.5 Å². The highest BCUT2D eigenvalue weighted by atomic mass is 16.6. The molecule has 0 aliphatic rings. The van der Waals surface area contributed by atoms with Crippen molar-refractivity contribution in [3.05, 3.63) is 18.4 Å². The summed E-state index contributed by atoms with van der Waals surface area (Å²) >= 11 is 0. The van der Waals surface area contributed by atoms with Crippen LogP contribution in [-0.2, 0) is 4.74 Å². The van der Waals surface area contributed by atoms with Crippen LogP contribution in [0.4, 0.5) is 10.7 Å². The number of anilines is 1. The Morgan fingerprint density at radius 3 is 3.00 bits per heavy atom. The summed E-state index contributed by atoms with van der Waals surface area (Å²) in [6, 6.07) is 3.40. The summed E-state index contributed by atoms with van der Waals surface area (Å²) in [6.07, 6.45) is 1.10. The van der Waals surface area contributed by atoms with Crippen molar-refractivity contribution in [3.63, 3.8) is 0 Å². The van der Waals surface area contributed by atoms with Crippen molar-refractivity contribution in [1.29, 1.82) is 0 Å². The number of hydrogen-bond donors (Lipinski definition) is 0. The predicted octanol–water partition coefficient (Wildman–Crippen LogP) is 1.87. The summed E-state index contributed by atoms with van der Waals surface area (Å²) in [5, 5.41) is 0. The van der Waals surface area contributed by atoms with Crippen molar-refractivity contribution in [1.82, 2.24) is 0 Å². The number of carbonyl (C=O) groups is 1. The highest BCUT2D eigenvalue weighted by Crippen LogP contribution is 2.12. The minimum atomic E-state index is -0.410. The number of amides is 1. The standard InChI is InChI=1S/C8H11NO3/c1-3-11-8(10)9(2)7-5-4-6-12-7/h4-6H,3H2,1-2H3. The first-order valence-corrected chi connectivity index (χ1v) is 3.69. The lowest BCUT2D eigenvalue weighted by molar-refractivity contribution is 0.160. The van der Waals surface area contributed by atoms with E-state index in [1.807, 2.05) is 0 Å². The zero-order valence-electron chi connectivity index (χ0n) is 7.11. The van der Waals surface area contributed by atoms with E-state index in [0.717, 1.165) is 0 Å². The van der Waals surface area contributed by atoms with Crippen molar-refractivity contribution >= 4 is 12.0 Å². The zero-order valence-corrected chi connectivity index (χ0v) is 7.11. The molecule has 1 heterocycles. The Hall–Kier alpha value is -1.45. The van der Waals surface area contributed by atoms with E-state index in [9.17, 15) is 4.79 Å². The molecule has 0 radical (unpaired) electrons. The first-order valence-electron chi connectivity index (χ1n) is 3.69. The van der Waals surface area contributed by atoms with Crippen LogP contribution in [0, 0.1) is 0 Å². The van der Waals surface area contributed by atoms with Gasteiger partial charge < -0.3 is 9.15 Å². The van der Waals surface area contributed by atoms with Crippen LogP contribution < -0.4 is 4.90 Å². The molecule has 0 atom stereocenters. The maximum absolute atomic E-state index is 11.1. The normalized spacial score (nSPS) is 9.50. The predicted molar refractivity (Wildman–Crippen MR) is 44.1 cm³/mol. The summed E-state index contributed by atoms with van der Waals surface area (Å²) in [7, 11) is 1.59. The lowest BCUT2D eigenvalue weighted by atomic mass is 10.6. The van der Waals surface area contributed by atoms with Crippen LogP contribution >= 0.6 is 0 Å². The van der Waals surface area contributed by atoms with Gasteiger partial charge in [0.25, 0.3) is 0 Å². The van der Waals surface area contributed by atoms with E-state index in [-0.39, 0.29) is 0 Å². The molecule has 0 aliphatic heterocycles. The van der Waals surface area contributed by atoms with E-state index < -0.39 is 6.09 Å². The van der Waals surface area contributed by atoms with Gasteiger partial charge in [-0.3, -0.25) is 4.90 Å². The van der Waals surface area contributed by atoms with Crippen molar-refractivity contribution in [2.24, 2.45) is 0 Å². The smallest absolute Gasteiger partial charge is 0.416 e. The Balaban J connectivity index is 2.59. The SMILES string of the molecule is CCOC(=O)N(C)c1ccco1. The molecule has 12 heavy (non-hydrogen) atoms. The Bertz CT molecular complexity index is 243. The molecule has 0 fully saturated rings. The Kier molecular flexibility index (Phi) is 2.74. The first-order chi connectivity index (χ1) is 5.75. The highest BCUT2D eigenvalue weighted by molar-refractivity contribution is 5.85. The maximum atomic E-state index is 11.1. The van der Waals surface area contributed by atoms with Crippen LogP contribution in [0.25, 0.3) is 0 Å². The molecule has 0 saturated heterocycles. The van der Waals surface area contributed by atoms with Crippen molar-refractivity contribution in [2.75, 3.05) is 18.6 Å². The van der Waals surface area contributed by atoms with Gasteiger partial charge in [-0.2, -0.15) is 0 Å².